The van der Waals surface area contributed by atoms with Crippen molar-refractivity contribution in [3.05, 3.63) is 58.4 Å². The Morgan fingerprint density at radius 3 is 2.41 bits per heavy atom. The minimum Gasteiger partial charge on any atom is -0.371 e. The van der Waals surface area contributed by atoms with Crippen molar-refractivity contribution in [2.45, 2.75) is 71.9 Å². The van der Waals surface area contributed by atoms with Gasteiger partial charge in [-0.15, -0.1) is 0 Å². The van der Waals surface area contributed by atoms with E-state index in [4.69, 9.17) is 0 Å². The predicted octanol–water partition coefficient (Wildman–Crippen LogP) is 4.59. The summed E-state index contributed by atoms with van der Waals surface area (Å²) < 4.78 is 0. The molecule has 182 valence electrons. The highest BCUT2D eigenvalue weighted by Gasteiger charge is 2.29. The van der Waals surface area contributed by atoms with Gasteiger partial charge in [0.25, 0.3) is 5.91 Å². The lowest BCUT2D eigenvalue weighted by molar-refractivity contribution is -0.122. The van der Waals surface area contributed by atoms with Gasteiger partial charge in [-0.3, -0.25) is 14.6 Å². The number of anilines is 1. The van der Waals surface area contributed by atoms with Crippen LogP contribution in [0.25, 0.3) is 0 Å². The maximum Gasteiger partial charge on any atom is 0.253 e. The van der Waals surface area contributed by atoms with Gasteiger partial charge >= 0.3 is 0 Å². The second-order valence-corrected chi connectivity index (χ2v) is 10.4. The summed E-state index contributed by atoms with van der Waals surface area (Å²) in [5, 5.41) is 3.18. The fraction of sp³-hybridized carbons (Fsp3) is 0.536. The van der Waals surface area contributed by atoms with Gasteiger partial charge < -0.3 is 15.1 Å². The first-order valence-corrected chi connectivity index (χ1v) is 12.6. The Morgan fingerprint density at radius 1 is 1.09 bits per heavy atom. The zero-order valence-electron chi connectivity index (χ0n) is 21.2. The molecule has 1 unspecified atom stereocenters. The Bertz CT molecular complexity index is 1040. The summed E-state index contributed by atoms with van der Waals surface area (Å²) in [6, 6.07) is 10.6. The van der Waals surface area contributed by atoms with Gasteiger partial charge in [0.05, 0.1) is 6.04 Å². The van der Waals surface area contributed by atoms with Crippen LogP contribution in [0.4, 0.5) is 5.69 Å². The summed E-state index contributed by atoms with van der Waals surface area (Å²) in [5.41, 5.74) is 6.37. The molecule has 0 saturated carbocycles. The minimum atomic E-state index is 0.00909. The maximum atomic E-state index is 13.4. The Labute approximate surface area is 203 Å². The average molecular weight is 463 g/mol. The Morgan fingerprint density at radius 2 is 1.76 bits per heavy atom. The van der Waals surface area contributed by atoms with Gasteiger partial charge in [0, 0.05) is 55.2 Å². The number of pyridine rings is 1. The monoisotopic (exact) mass is 462 g/mol. The fourth-order valence-corrected chi connectivity index (χ4v) is 5.39. The van der Waals surface area contributed by atoms with Gasteiger partial charge in [-0.25, -0.2) is 0 Å². The van der Waals surface area contributed by atoms with Gasteiger partial charge in [-0.2, -0.15) is 0 Å². The van der Waals surface area contributed by atoms with E-state index in [1.54, 1.807) is 0 Å². The highest BCUT2D eigenvalue weighted by molar-refractivity contribution is 5.94. The van der Waals surface area contributed by atoms with Crippen LogP contribution in [0.1, 0.15) is 78.4 Å². The van der Waals surface area contributed by atoms with E-state index in [0.29, 0.717) is 17.9 Å². The number of hydrogen-bond donors (Lipinski definition) is 1. The number of piperidine rings is 1. The minimum absolute atomic E-state index is 0.00909. The quantitative estimate of drug-likeness (QED) is 0.682. The van der Waals surface area contributed by atoms with Gasteiger partial charge in [0.1, 0.15) is 0 Å². The number of rotatable bonds is 6. The molecule has 0 bridgehead atoms. The summed E-state index contributed by atoms with van der Waals surface area (Å²) in [5.74, 6) is 0.490. The topological polar surface area (TPSA) is 65.5 Å². The Hall–Kier alpha value is -2.89. The summed E-state index contributed by atoms with van der Waals surface area (Å²) in [6.45, 7) is 10.0. The van der Waals surface area contributed by atoms with Gasteiger partial charge in [0.2, 0.25) is 5.91 Å². The largest absolute Gasteiger partial charge is 0.371 e. The van der Waals surface area contributed by atoms with Crippen molar-refractivity contribution in [1.82, 2.24) is 15.2 Å². The number of benzene rings is 1. The molecule has 1 aromatic heterocycles. The SMILES string of the molecule is Cc1cc(N2CCC(N(C)C(=O)c3ccc4c(c3)C(NC(=O)CC(C)C)CC4)CC2)cc(C)n1. The number of aromatic nitrogens is 1. The number of hydrogen-bond acceptors (Lipinski definition) is 4. The van der Waals surface area contributed by atoms with E-state index in [9.17, 15) is 9.59 Å². The second kappa shape index (κ2) is 10.2. The molecular weight excluding hydrogens is 424 g/mol. The van der Waals surface area contributed by atoms with Gasteiger partial charge in [-0.05, 0) is 80.8 Å². The molecule has 6 nitrogen and oxygen atoms in total. The zero-order valence-corrected chi connectivity index (χ0v) is 21.2. The van der Waals surface area contributed by atoms with Crippen molar-refractivity contribution in [3.8, 4) is 0 Å². The summed E-state index contributed by atoms with van der Waals surface area (Å²) >= 11 is 0. The third-order valence-corrected chi connectivity index (χ3v) is 7.16. The third kappa shape index (κ3) is 5.43. The van der Waals surface area contributed by atoms with Gasteiger partial charge in [0.15, 0.2) is 0 Å². The molecule has 1 N–H and O–H groups in total. The Kier molecular flexibility index (Phi) is 7.24. The molecule has 1 atom stereocenters. The molecule has 2 amide bonds. The normalized spacial score (nSPS) is 18.2. The Balaban J connectivity index is 1.40. The second-order valence-electron chi connectivity index (χ2n) is 10.4. The molecule has 2 aliphatic rings. The van der Waals surface area contributed by atoms with E-state index in [-0.39, 0.29) is 23.9 Å². The summed E-state index contributed by atoms with van der Waals surface area (Å²) in [6.07, 6.45) is 4.27. The maximum absolute atomic E-state index is 13.4. The highest BCUT2D eigenvalue weighted by atomic mass is 16.2. The van der Waals surface area contributed by atoms with Crippen LogP contribution in [-0.4, -0.2) is 47.9 Å². The number of carbonyl (C=O) groups is 2. The average Bonchev–Trinajstić information content (AvgIpc) is 3.18. The molecule has 1 aliphatic carbocycles. The molecule has 1 fully saturated rings. The number of nitrogens with one attached hydrogen (secondary N) is 1. The standard InChI is InChI=1S/C28H38N4O2/c1-18(2)14-27(33)30-26-9-8-21-6-7-22(17-25(21)26)28(34)31(5)23-10-12-32(13-11-23)24-15-19(3)29-20(4)16-24/h6-7,15-18,23,26H,8-14H2,1-5H3,(H,30,33). The molecule has 1 saturated heterocycles. The molecule has 34 heavy (non-hydrogen) atoms. The zero-order chi connectivity index (χ0) is 24.4. The van der Waals surface area contributed by atoms with Crippen molar-refractivity contribution in [3.63, 3.8) is 0 Å². The van der Waals surface area contributed by atoms with E-state index in [0.717, 1.165) is 55.7 Å². The van der Waals surface area contributed by atoms with E-state index < -0.39 is 0 Å². The van der Waals surface area contributed by atoms with Crippen LogP contribution in [0.3, 0.4) is 0 Å². The lowest BCUT2D eigenvalue weighted by Gasteiger charge is -2.38. The van der Waals surface area contributed by atoms with Crippen LogP contribution >= 0.6 is 0 Å². The molecule has 1 aliphatic heterocycles. The van der Waals surface area contributed by atoms with Crippen molar-refractivity contribution in [2.75, 3.05) is 25.0 Å². The fourth-order valence-electron chi connectivity index (χ4n) is 5.39. The van der Waals surface area contributed by atoms with Crippen molar-refractivity contribution in [2.24, 2.45) is 5.92 Å². The third-order valence-electron chi connectivity index (χ3n) is 7.16. The van der Waals surface area contributed by atoms with Crippen LogP contribution in [0.15, 0.2) is 30.3 Å². The number of fused-ring (bicyclic) bond motifs is 1. The van der Waals surface area contributed by atoms with E-state index in [2.05, 4.69) is 47.2 Å². The van der Waals surface area contributed by atoms with E-state index in [1.165, 1.54) is 11.3 Å². The molecular formula is C28H38N4O2. The lowest BCUT2D eigenvalue weighted by Crippen LogP contribution is -2.45. The predicted molar refractivity (Wildman–Crippen MR) is 136 cm³/mol. The van der Waals surface area contributed by atoms with Crippen LogP contribution in [0.2, 0.25) is 0 Å². The summed E-state index contributed by atoms with van der Waals surface area (Å²) in [4.78, 5) is 34.5. The number of aryl methyl sites for hydroxylation is 3. The van der Waals surface area contributed by atoms with Crippen LogP contribution in [-0.2, 0) is 11.2 Å². The van der Waals surface area contributed by atoms with Crippen molar-refractivity contribution < 1.29 is 9.59 Å². The lowest BCUT2D eigenvalue weighted by atomic mass is 10.00. The first-order valence-electron chi connectivity index (χ1n) is 12.6. The molecule has 0 radical (unpaired) electrons. The molecule has 1 aromatic carbocycles. The smallest absolute Gasteiger partial charge is 0.253 e. The number of carbonyl (C=O) groups excluding carboxylic acids is 2. The molecule has 2 aromatic rings. The number of nitrogens with zero attached hydrogens (tertiary/aromatic N) is 3. The molecule has 6 heteroatoms. The highest BCUT2D eigenvalue weighted by Crippen LogP contribution is 2.33. The first kappa shape index (κ1) is 24.2. The van der Waals surface area contributed by atoms with Gasteiger partial charge in [-0.1, -0.05) is 19.9 Å². The van der Waals surface area contributed by atoms with Crippen LogP contribution in [0, 0.1) is 19.8 Å². The van der Waals surface area contributed by atoms with E-state index >= 15 is 0 Å². The molecule has 4 rings (SSSR count). The molecule has 0 spiro atoms. The van der Waals surface area contributed by atoms with E-state index in [1.807, 2.05) is 37.9 Å². The van der Waals surface area contributed by atoms with Crippen LogP contribution < -0.4 is 10.2 Å². The molecule has 2 heterocycles. The summed E-state index contributed by atoms with van der Waals surface area (Å²) in [7, 11) is 1.93. The van der Waals surface area contributed by atoms with Crippen molar-refractivity contribution >= 4 is 17.5 Å². The number of amides is 2. The van der Waals surface area contributed by atoms with Crippen LogP contribution in [0.5, 0.6) is 0 Å². The van der Waals surface area contributed by atoms with Crippen molar-refractivity contribution in [1.29, 1.82) is 0 Å². The first-order chi connectivity index (χ1) is 16.2.